The predicted molar refractivity (Wildman–Crippen MR) is 246 cm³/mol. The average Bonchev–Trinajstić information content (AvgIpc) is 4.06. The zero-order chi connectivity index (χ0) is 50.4. The average molecular weight is 771 g/mol. The van der Waals surface area contributed by atoms with Crippen LogP contribution < -0.4 is 20.7 Å². The molecule has 0 aliphatic rings. The van der Waals surface area contributed by atoms with Crippen molar-refractivity contribution in [3.05, 3.63) is 218 Å². The summed E-state index contributed by atoms with van der Waals surface area (Å²) in [6.45, 7) is 0. The molecule has 272 valence electrons. The summed E-state index contributed by atoms with van der Waals surface area (Å²) in [5.74, 6) is 0. The van der Waals surface area contributed by atoms with Gasteiger partial charge in [0.1, 0.15) is 5.58 Å². The van der Waals surface area contributed by atoms with Gasteiger partial charge >= 0.3 is 0 Å². The molecule has 0 saturated heterocycles. The summed E-state index contributed by atoms with van der Waals surface area (Å²) < 4.78 is 142. The number of hydrogen-bond acceptors (Lipinski definition) is 1. The predicted octanol–water partition coefficient (Wildman–Crippen LogP) is 11.2. The molecule has 0 N–H and O–H groups in total. The van der Waals surface area contributed by atoms with E-state index in [2.05, 4.69) is 28.8 Å². The van der Waals surface area contributed by atoms with E-state index >= 15 is 0 Å². The van der Waals surface area contributed by atoms with Crippen LogP contribution in [-0.2, 0) is 0 Å². The highest BCUT2D eigenvalue weighted by Gasteiger charge is 2.41. The Balaban J connectivity index is 1.28. The van der Waals surface area contributed by atoms with Gasteiger partial charge in [-0.15, -0.1) is 0 Å². The van der Waals surface area contributed by atoms with E-state index in [-0.39, 0.29) is 10.9 Å². The normalized spacial score (nSPS) is 15.5. The second-order valence-electron chi connectivity index (χ2n) is 14.2. The number of benzene rings is 9. The van der Waals surface area contributed by atoms with Crippen molar-refractivity contribution in [2.45, 2.75) is 0 Å². The molecule has 0 unspecified atom stereocenters. The van der Waals surface area contributed by atoms with Crippen LogP contribution in [0.1, 0.15) is 19.2 Å². The van der Waals surface area contributed by atoms with E-state index < -0.39 is 108 Å². The summed E-state index contributed by atoms with van der Waals surface area (Å²) in [7, 11) is -5.21. The van der Waals surface area contributed by atoms with Crippen molar-refractivity contribution in [1.29, 1.82) is 0 Å². The van der Waals surface area contributed by atoms with Crippen LogP contribution in [0.15, 0.2) is 222 Å². The number of para-hydroxylation sites is 4. The van der Waals surface area contributed by atoms with Gasteiger partial charge in [0, 0.05) is 32.6 Å². The number of hydrogen-bond donors (Lipinski definition) is 0. The molecular weight excluding hydrogens is 721 g/mol. The molecule has 0 radical (unpaired) electrons. The molecule has 0 atom stereocenters. The zero-order valence-corrected chi connectivity index (χ0v) is 31.5. The topological polar surface area (TPSA) is 23.0 Å². The van der Waals surface area contributed by atoms with Crippen LogP contribution in [0.25, 0.3) is 76.9 Å². The maximum absolute atomic E-state index is 10.2. The Morgan fingerprint density at radius 2 is 0.897 bits per heavy atom. The molecule has 3 heterocycles. The lowest BCUT2D eigenvalue weighted by Crippen LogP contribution is -2.74. The molecule has 3 aromatic heterocycles. The van der Waals surface area contributed by atoms with Gasteiger partial charge in [-0.1, -0.05) is 176 Å². The van der Waals surface area contributed by atoms with Crippen LogP contribution in [0.3, 0.4) is 0 Å². The van der Waals surface area contributed by atoms with E-state index in [1.807, 2.05) is 78.9 Å². The minimum absolute atomic E-state index is 0.0941. The van der Waals surface area contributed by atoms with Crippen molar-refractivity contribution in [3.63, 3.8) is 0 Å². The summed E-state index contributed by atoms with van der Waals surface area (Å²) >= 11 is 0. The van der Waals surface area contributed by atoms with Gasteiger partial charge in [0.25, 0.3) is 0 Å². The molecule has 0 spiro atoms. The molecule has 12 aromatic rings. The second-order valence-corrected chi connectivity index (χ2v) is 17.7. The Labute approximate surface area is 355 Å². The standard InChI is InChI=1S/C54H36N2OSi/c1-4-18-38(19-5-1)58(39-20-6-2-7-21-39,40-22-8-3-9-23-40)41-34-32-37(33-35-41)55-47-28-14-12-26-44(47)46-36-50(54-52(53(46)55)45-27-13-17-31-51(45)57-54)56-48-29-15-10-24-42(48)43-25-11-16-30-49(43)56/h1-36H/i1D,2D,4D,5D,6D,7D,18D,19D,20D,21D,32D,33D,34D,35D. The van der Waals surface area contributed by atoms with Gasteiger partial charge in [0.2, 0.25) is 0 Å². The Bertz CT molecular complexity index is 4140. The van der Waals surface area contributed by atoms with Crippen LogP contribution in [0.2, 0.25) is 0 Å². The molecule has 0 saturated carbocycles. The molecule has 0 aliphatic carbocycles. The maximum Gasteiger partial charge on any atom is 0.179 e. The fourth-order valence-corrected chi connectivity index (χ4v) is 12.7. The largest absolute Gasteiger partial charge is 0.454 e. The third-order valence-electron chi connectivity index (χ3n) is 11.2. The highest BCUT2D eigenvalue weighted by molar-refractivity contribution is 7.19. The van der Waals surface area contributed by atoms with Crippen LogP contribution >= 0.6 is 0 Å². The summed E-state index contributed by atoms with van der Waals surface area (Å²) in [5, 5.41) is 3.48. The monoisotopic (exact) mass is 770 g/mol. The fraction of sp³-hybridized carbons (Fsp3) is 0. The van der Waals surface area contributed by atoms with Crippen LogP contribution in [-0.4, -0.2) is 17.2 Å². The van der Waals surface area contributed by atoms with Crippen molar-refractivity contribution < 1.29 is 23.6 Å². The third kappa shape index (κ3) is 4.61. The van der Waals surface area contributed by atoms with Crippen LogP contribution in [0.4, 0.5) is 0 Å². The van der Waals surface area contributed by atoms with Gasteiger partial charge in [0.15, 0.2) is 13.7 Å². The minimum Gasteiger partial charge on any atom is -0.454 e. The van der Waals surface area contributed by atoms with Crippen LogP contribution in [0, 0.1) is 0 Å². The summed E-state index contributed by atoms with van der Waals surface area (Å²) in [4.78, 5) is 0. The first-order valence-electron chi connectivity index (χ1n) is 25.8. The van der Waals surface area contributed by atoms with Gasteiger partial charge in [-0.05, 0) is 63.2 Å². The van der Waals surface area contributed by atoms with Crippen molar-refractivity contribution in [2.75, 3.05) is 0 Å². The lowest BCUT2D eigenvalue weighted by Gasteiger charge is -2.34. The zero-order valence-electron chi connectivity index (χ0n) is 44.5. The third-order valence-corrected chi connectivity index (χ3v) is 15.4. The van der Waals surface area contributed by atoms with E-state index in [1.165, 1.54) is 12.1 Å². The maximum atomic E-state index is 10.2. The first kappa shape index (κ1) is 21.8. The minimum atomic E-state index is -5.21. The Kier molecular flexibility index (Phi) is 4.81. The van der Waals surface area contributed by atoms with Gasteiger partial charge in [-0.2, -0.15) is 0 Å². The molecule has 0 aliphatic heterocycles. The molecule has 12 rings (SSSR count). The smallest absolute Gasteiger partial charge is 0.179 e. The molecule has 0 fully saturated rings. The van der Waals surface area contributed by atoms with Gasteiger partial charge in [-0.25, -0.2) is 0 Å². The second kappa shape index (κ2) is 12.8. The molecule has 4 heteroatoms. The highest BCUT2D eigenvalue weighted by atomic mass is 28.3. The van der Waals surface area contributed by atoms with Gasteiger partial charge in [-0.3, -0.25) is 0 Å². The Morgan fingerprint density at radius 1 is 0.414 bits per heavy atom. The number of fused-ring (bicyclic) bond motifs is 10. The van der Waals surface area contributed by atoms with E-state index in [0.29, 0.717) is 43.7 Å². The van der Waals surface area contributed by atoms with E-state index in [1.54, 1.807) is 22.8 Å². The first-order valence-corrected chi connectivity index (χ1v) is 20.8. The Morgan fingerprint density at radius 3 is 1.50 bits per heavy atom. The SMILES string of the molecule is [2H]c1c([2H])c([2H])c([Si](c2ccccc2)(c2c([2H])c([2H])c([2H])c([2H])c2[2H])c2c([2H])c([2H])c(-n3c4ccccc4c4cc(-n5c6ccccc6c6ccccc65)c5oc6ccccc6c5c43)c([2H])c2[2H])c([2H])c1[2H]. The molecule has 9 aromatic carbocycles. The molecular formula is C54H36N2OSi. The fourth-order valence-electron chi connectivity index (χ4n) is 8.88. The van der Waals surface area contributed by atoms with Crippen LogP contribution in [0.5, 0.6) is 0 Å². The van der Waals surface area contributed by atoms with E-state index in [9.17, 15) is 11.0 Å². The summed E-state index contributed by atoms with van der Waals surface area (Å²) in [5.41, 5.74) is 4.49. The molecule has 0 bridgehead atoms. The summed E-state index contributed by atoms with van der Waals surface area (Å²) in [6, 6.07) is 30.6. The molecule has 3 nitrogen and oxygen atoms in total. The van der Waals surface area contributed by atoms with Crippen molar-refractivity contribution >= 4 is 94.4 Å². The molecule has 0 amide bonds. The van der Waals surface area contributed by atoms with Gasteiger partial charge < -0.3 is 13.6 Å². The number of furan rings is 1. The number of aromatic nitrogens is 2. The summed E-state index contributed by atoms with van der Waals surface area (Å²) in [6.07, 6.45) is 0. The first-order chi connectivity index (χ1) is 34.6. The lowest BCUT2D eigenvalue weighted by atomic mass is 10.1. The van der Waals surface area contributed by atoms with E-state index in [0.717, 1.165) is 27.5 Å². The van der Waals surface area contributed by atoms with Crippen molar-refractivity contribution in [3.8, 4) is 11.4 Å². The highest BCUT2D eigenvalue weighted by Crippen LogP contribution is 2.45. The lowest BCUT2D eigenvalue weighted by molar-refractivity contribution is 0.666. The number of nitrogens with zero attached hydrogens (tertiary/aromatic N) is 2. The van der Waals surface area contributed by atoms with Crippen molar-refractivity contribution in [2.24, 2.45) is 0 Å². The Hall–Kier alpha value is -7.40. The number of rotatable bonds is 6. The quantitative estimate of drug-likeness (QED) is 0.122. The van der Waals surface area contributed by atoms with Gasteiger partial charge in [0.05, 0.1) is 52.3 Å². The van der Waals surface area contributed by atoms with Crippen molar-refractivity contribution in [1.82, 2.24) is 9.13 Å². The molecule has 58 heavy (non-hydrogen) atoms. The van der Waals surface area contributed by atoms with E-state index in [4.69, 9.17) is 12.6 Å².